The van der Waals surface area contributed by atoms with Crippen LogP contribution in [0, 0.1) is 0 Å². The average molecular weight is 1780 g/mol. The monoisotopic (exact) mass is 1780 g/mol. The van der Waals surface area contributed by atoms with Crippen LogP contribution in [0.3, 0.4) is 0 Å². The van der Waals surface area contributed by atoms with E-state index in [9.17, 15) is 43.5 Å². The van der Waals surface area contributed by atoms with E-state index in [1.807, 2.05) is 0 Å². The van der Waals surface area contributed by atoms with Crippen molar-refractivity contribution >= 4 is 33.6 Å². The van der Waals surface area contributed by atoms with Crippen LogP contribution in [0.4, 0.5) is 0 Å². The Bertz CT molecular complexity index is 3100. The first-order chi connectivity index (χ1) is 61.2. The van der Waals surface area contributed by atoms with Gasteiger partial charge in [0.25, 0.3) is 0 Å². The zero-order valence-electron chi connectivity index (χ0n) is 78.7. The van der Waals surface area contributed by atoms with Crippen molar-refractivity contribution in [3.63, 3.8) is 0 Å². The molecule has 0 heterocycles. The summed E-state index contributed by atoms with van der Waals surface area (Å²) in [6, 6.07) is 0. The van der Waals surface area contributed by atoms with Crippen LogP contribution in [0.5, 0.6) is 0 Å². The smallest absolute Gasteiger partial charge is 0.463 e. The molecular formula is C107H178O16P2. The maximum Gasteiger partial charge on any atom is 0.472 e. The molecule has 0 aliphatic rings. The van der Waals surface area contributed by atoms with E-state index in [4.69, 9.17) is 32.3 Å². The highest BCUT2D eigenvalue weighted by atomic mass is 31.2. The fourth-order valence-electron chi connectivity index (χ4n) is 13.1. The topological polar surface area (TPSA) is 231 Å². The van der Waals surface area contributed by atoms with E-state index < -0.39 is 91.5 Å². The van der Waals surface area contributed by atoms with E-state index in [2.05, 4.69) is 227 Å². The summed E-state index contributed by atoms with van der Waals surface area (Å²) in [6.07, 6.45) is 132. The van der Waals surface area contributed by atoms with E-state index in [1.165, 1.54) is 135 Å². The summed E-state index contributed by atoms with van der Waals surface area (Å²) in [6.45, 7) is 2.36. The molecule has 18 heteroatoms. The van der Waals surface area contributed by atoms with Crippen LogP contribution in [-0.4, -0.2) is 95.9 Å². The SMILES string of the molecule is CC/C=C\C/C=C\C/C=C\C/C=C\C/C=C\C/C=C\CCCCCCCCCCCCCCCCCCC(=O)OCC(O)COP(=O)(O)OCC(O)COP(=O)(O)OCC(COC(=O)CCCCCCCCCCCCCCC/C=C\C/C=C\C/C=C\C/C=C\C/C=C\CC)OC(=O)CCCCCCCC/C=C\C/C=C\C/C=C\C/C=C\C/C=C\C/C=C\CC. The molecule has 0 aromatic heterocycles. The molecule has 0 bridgehead atoms. The van der Waals surface area contributed by atoms with Crippen molar-refractivity contribution in [2.75, 3.05) is 39.6 Å². The van der Waals surface area contributed by atoms with Gasteiger partial charge in [0.05, 0.1) is 26.4 Å². The molecule has 4 N–H and O–H groups in total. The van der Waals surface area contributed by atoms with Gasteiger partial charge in [-0.05, 0) is 167 Å². The number of hydrogen-bond acceptors (Lipinski definition) is 14. The highest BCUT2D eigenvalue weighted by Gasteiger charge is 2.30. The number of phosphoric ester groups is 2. The Balaban J connectivity index is 4.60. The van der Waals surface area contributed by atoms with E-state index in [0.29, 0.717) is 19.3 Å². The molecule has 0 aromatic carbocycles. The quantitative estimate of drug-likeness (QED) is 0.0146. The van der Waals surface area contributed by atoms with Crippen molar-refractivity contribution in [1.29, 1.82) is 0 Å². The minimum absolute atomic E-state index is 0.0810. The van der Waals surface area contributed by atoms with Gasteiger partial charge in [0, 0.05) is 19.3 Å². The van der Waals surface area contributed by atoms with Crippen LogP contribution >= 0.6 is 15.6 Å². The van der Waals surface area contributed by atoms with E-state index in [0.717, 1.165) is 199 Å². The number of ether oxygens (including phenoxy) is 3. The third-order valence-electron chi connectivity index (χ3n) is 20.5. The molecule has 0 radical (unpaired) electrons. The van der Waals surface area contributed by atoms with E-state index in [-0.39, 0.29) is 19.3 Å². The standard InChI is InChI=1S/C107H178O16P2/c1-4-7-10-13-16-19-22-25-28-31-34-37-40-43-45-47-48-49-50-51-52-54-56-58-60-63-66-69-72-75-78-81-84-87-90-93-105(110)117-96-102(108)97-119-124(113,114)120-98-103(109)99-121-125(115,116)122-101-104(123-107(112)95-92-89-86-83-80-77-74-71-68-65-62-57-42-39-36-33-30-27-24-21-18-15-12-9-6-3)100-118-106(111)94-91-88-85-82-79-76-73-70-67-64-61-59-55-53-46-44-41-38-35-32-29-26-23-20-17-14-11-8-5-2/h7-12,16-21,25-30,34-39,43-46,48-49,57,62,68,71,102-104,108-109H,4-6,13-15,22-24,31-33,40-42,47,50-56,58-61,63-67,69-70,72-101H2,1-3H3,(H,113,114)(H,115,116)/b10-7-,11-8-,12-9-,19-16-,20-17-,21-18-,28-25-,29-26-,30-27-,37-34-,38-35-,39-36-,45-43-,46-44-,49-48-,62-57-,71-68-. The van der Waals surface area contributed by atoms with E-state index >= 15 is 0 Å². The first-order valence-corrected chi connectivity index (χ1v) is 52.4. The second-order valence-corrected chi connectivity index (χ2v) is 35.3. The molecule has 0 saturated heterocycles. The van der Waals surface area contributed by atoms with Crippen molar-refractivity contribution in [1.82, 2.24) is 0 Å². The molecule has 125 heavy (non-hydrogen) atoms. The highest BCUT2D eigenvalue weighted by molar-refractivity contribution is 7.47. The Hall–Kier alpha value is -5.87. The number of carbonyl (C=O) groups excluding carboxylic acids is 3. The highest BCUT2D eigenvalue weighted by Crippen LogP contribution is 2.45. The molecule has 0 amide bonds. The molecule has 5 atom stereocenters. The molecule has 0 aromatic rings. The predicted molar refractivity (Wildman–Crippen MR) is 527 cm³/mol. The van der Waals surface area contributed by atoms with Gasteiger partial charge in [-0.1, -0.05) is 414 Å². The number of aliphatic hydroxyl groups is 2. The Kier molecular flexibility index (Phi) is 92.6. The van der Waals surface area contributed by atoms with Gasteiger partial charge in [-0.25, -0.2) is 9.13 Å². The summed E-state index contributed by atoms with van der Waals surface area (Å²) >= 11 is 0. The summed E-state index contributed by atoms with van der Waals surface area (Å²) in [5.41, 5.74) is 0. The summed E-state index contributed by atoms with van der Waals surface area (Å²) < 4.78 is 61.6. The van der Waals surface area contributed by atoms with Crippen molar-refractivity contribution in [2.45, 2.75) is 411 Å². The van der Waals surface area contributed by atoms with Gasteiger partial charge in [0.1, 0.15) is 25.4 Å². The second-order valence-electron chi connectivity index (χ2n) is 32.4. The molecule has 0 aliphatic carbocycles. The number of hydrogen-bond donors (Lipinski definition) is 4. The normalized spacial score (nSPS) is 14.6. The predicted octanol–water partition coefficient (Wildman–Crippen LogP) is 31.1. The average Bonchev–Trinajstić information content (AvgIpc) is 0.897. The Labute approximate surface area is 762 Å². The van der Waals surface area contributed by atoms with Crippen LogP contribution in [0.2, 0.25) is 0 Å². The fourth-order valence-corrected chi connectivity index (χ4v) is 14.7. The maximum absolute atomic E-state index is 13.1. The van der Waals surface area contributed by atoms with Gasteiger partial charge in [-0.2, -0.15) is 0 Å². The number of unbranched alkanes of at least 4 members (excludes halogenated alkanes) is 35. The molecule has 0 saturated carbocycles. The number of aliphatic hydroxyl groups excluding tert-OH is 2. The number of allylic oxidation sites excluding steroid dienone is 34. The number of esters is 3. The molecular weight excluding hydrogens is 1600 g/mol. The van der Waals surface area contributed by atoms with Crippen molar-refractivity contribution in [2.24, 2.45) is 0 Å². The van der Waals surface area contributed by atoms with E-state index in [1.54, 1.807) is 0 Å². The van der Waals surface area contributed by atoms with Crippen molar-refractivity contribution in [3.05, 3.63) is 207 Å². The molecule has 712 valence electrons. The Morgan fingerprint density at radius 1 is 0.224 bits per heavy atom. The van der Waals surface area contributed by atoms with Gasteiger partial charge < -0.3 is 34.2 Å². The first kappa shape index (κ1) is 119. The maximum atomic E-state index is 13.1. The second kappa shape index (κ2) is 97.2. The number of carbonyl (C=O) groups is 3. The lowest BCUT2D eigenvalue weighted by molar-refractivity contribution is -0.161. The zero-order chi connectivity index (χ0) is 90.7. The minimum Gasteiger partial charge on any atom is -0.463 e. The molecule has 16 nitrogen and oxygen atoms in total. The van der Waals surface area contributed by atoms with Gasteiger partial charge >= 0.3 is 33.6 Å². The summed E-state index contributed by atoms with van der Waals surface area (Å²) in [7, 11) is -9.83. The molecule has 0 spiro atoms. The largest absolute Gasteiger partial charge is 0.472 e. The molecule has 0 fully saturated rings. The minimum atomic E-state index is -4.96. The summed E-state index contributed by atoms with van der Waals surface area (Å²) in [5, 5.41) is 20.8. The summed E-state index contributed by atoms with van der Waals surface area (Å²) in [4.78, 5) is 59.1. The lowest BCUT2D eigenvalue weighted by atomic mass is 10.0. The first-order valence-electron chi connectivity index (χ1n) is 49.4. The molecule has 0 rings (SSSR count). The fraction of sp³-hybridized carbons (Fsp3) is 0.654. The van der Waals surface area contributed by atoms with Gasteiger partial charge in [0.15, 0.2) is 6.10 Å². The lowest BCUT2D eigenvalue weighted by Crippen LogP contribution is -2.30. The third kappa shape index (κ3) is 98.6. The van der Waals surface area contributed by atoms with Crippen LogP contribution in [0.15, 0.2) is 207 Å². The van der Waals surface area contributed by atoms with Crippen LogP contribution in [0.1, 0.15) is 393 Å². The molecule has 5 unspecified atom stereocenters. The Morgan fingerprint density at radius 3 is 0.632 bits per heavy atom. The van der Waals surface area contributed by atoms with Crippen molar-refractivity contribution in [3.8, 4) is 0 Å². The zero-order valence-corrected chi connectivity index (χ0v) is 80.5. The van der Waals surface area contributed by atoms with Crippen LogP contribution in [0.25, 0.3) is 0 Å². The summed E-state index contributed by atoms with van der Waals surface area (Å²) in [5.74, 6) is -1.59. The third-order valence-corrected chi connectivity index (χ3v) is 22.4. The number of rotatable bonds is 92. The Morgan fingerprint density at radius 2 is 0.400 bits per heavy atom. The number of phosphoric acid groups is 2. The molecule has 0 aliphatic heterocycles. The van der Waals surface area contributed by atoms with Gasteiger partial charge in [-0.3, -0.25) is 32.5 Å². The van der Waals surface area contributed by atoms with Gasteiger partial charge in [0.2, 0.25) is 0 Å². The van der Waals surface area contributed by atoms with Crippen LogP contribution < -0.4 is 0 Å². The van der Waals surface area contributed by atoms with Gasteiger partial charge in [-0.15, -0.1) is 0 Å². The lowest BCUT2D eigenvalue weighted by Gasteiger charge is -2.21. The van der Waals surface area contributed by atoms with Crippen LogP contribution in [-0.2, 0) is 55.8 Å². The van der Waals surface area contributed by atoms with Crippen molar-refractivity contribution < 1.29 is 75.8 Å².